The summed E-state index contributed by atoms with van der Waals surface area (Å²) in [5.74, 6) is -0.234. The van der Waals surface area contributed by atoms with Gasteiger partial charge in [-0.3, -0.25) is 9.36 Å². The van der Waals surface area contributed by atoms with Gasteiger partial charge in [0.1, 0.15) is 13.2 Å². The molecule has 0 fully saturated rings. The van der Waals surface area contributed by atoms with E-state index in [0.717, 1.165) is 32.1 Å². The van der Waals surface area contributed by atoms with Gasteiger partial charge in [-0.2, -0.15) is 0 Å². The van der Waals surface area contributed by atoms with E-state index in [9.17, 15) is 19.4 Å². The van der Waals surface area contributed by atoms with Crippen LogP contribution in [0.5, 0.6) is 0 Å². The lowest BCUT2D eigenvalue weighted by atomic mass is 10.0. The van der Waals surface area contributed by atoms with Gasteiger partial charge in [0.05, 0.1) is 39.9 Å². The van der Waals surface area contributed by atoms with Crippen LogP contribution in [0.4, 0.5) is 0 Å². The van der Waals surface area contributed by atoms with Crippen LogP contribution in [0, 0.1) is 0 Å². The average molecular weight is 743 g/mol. The second kappa shape index (κ2) is 34.7. The molecule has 2 N–H and O–H groups in total. The van der Waals surface area contributed by atoms with Crippen LogP contribution in [0.25, 0.3) is 0 Å². The Kier molecular flexibility index (Phi) is 34.0. The summed E-state index contributed by atoms with van der Waals surface area (Å²) in [5, 5.41) is 13.7. The van der Waals surface area contributed by atoms with Crippen molar-refractivity contribution in [3.05, 3.63) is 24.3 Å². The van der Waals surface area contributed by atoms with E-state index in [1.54, 1.807) is 6.08 Å². The lowest BCUT2D eigenvalue weighted by Gasteiger charge is -2.29. The molecule has 8 nitrogen and oxygen atoms in total. The number of nitrogens with zero attached hydrogens (tertiary/aromatic N) is 1. The summed E-state index contributed by atoms with van der Waals surface area (Å²) < 4.78 is 23.1. The zero-order valence-corrected chi connectivity index (χ0v) is 35.0. The van der Waals surface area contributed by atoms with Crippen molar-refractivity contribution in [3.8, 4) is 0 Å². The van der Waals surface area contributed by atoms with Crippen molar-refractivity contribution < 1.29 is 32.9 Å². The Balaban J connectivity index is 4.37. The summed E-state index contributed by atoms with van der Waals surface area (Å²) in [7, 11) is 1.25. The topological polar surface area (TPSA) is 108 Å². The molecule has 3 unspecified atom stereocenters. The van der Waals surface area contributed by atoms with Crippen molar-refractivity contribution in [1.82, 2.24) is 5.32 Å². The van der Waals surface area contributed by atoms with Crippen LogP contribution in [0.3, 0.4) is 0 Å². The number of nitrogens with one attached hydrogen (secondary N) is 1. The van der Waals surface area contributed by atoms with Crippen molar-refractivity contribution >= 4 is 13.7 Å². The number of aliphatic hydroxyl groups is 1. The van der Waals surface area contributed by atoms with Gasteiger partial charge in [0.15, 0.2) is 0 Å². The number of hydrogen-bond donors (Lipinski definition) is 2. The first kappa shape index (κ1) is 50.0. The van der Waals surface area contributed by atoms with E-state index >= 15 is 0 Å². The van der Waals surface area contributed by atoms with Crippen LogP contribution in [0.15, 0.2) is 24.3 Å². The third-order valence-corrected chi connectivity index (χ3v) is 10.4. The highest BCUT2D eigenvalue weighted by molar-refractivity contribution is 7.45. The zero-order valence-electron chi connectivity index (χ0n) is 34.1. The van der Waals surface area contributed by atoms with E-state index in [1.165, 1.54) is 128 Å². The quantitative estimate of drug-likeness (QED) is 0.0282. The predicted molar refractivity (Wildman–Crippen MR) is 215 cm³/mol. The number of hydrogen-bond acceptors (Lipinski definition) is 6. The molecule has 1 amide bonds. The van der Waals surface area contributed by atoms with Gasteiger partial charge in [0.2, 0.25) is 5.91 Å². The molecule has 0 aromatic heterocycles. The van der Waals surface area contributed by atoms with Gasteiger partial charge in [0, 0.05) is 6.42 Å². The average Bonchev–Trinajstić information content (AvgIpc) is 3.07. The van der Waals surface area contributed by atoms with Gasteiger partial charge in [0.25, 0.3) is 7.82 Å². The van der Waals surface area contributed by atoms with E-state index < -0.39 is 20.0 Å². The minimum atomic E-state index is -4.58. The summed E-state index contributed by atoms with van der Waals surface area (Å²) in [6.45, 7) is 4.58. The number of rotatable bonds is 38. The van der Waals surface area contributed by atoms with E-state index in [0.29, 0.717) is 23.9 Å². The maximum atomic E-state index is 12.7. The maximum Gasteiger partial charge on any atom is 0.268 e. The van der Waals surface area contributed by atoms with Gasteiger partial charge in [-0.15, -0.1) is 0 Å². The fourth-order valence-electron chi connectivity index (χ4n) is 5.98. The maximum absolute atomic E-state index is 12.7. The SMILES string of the molecule is CCCCCC/C=C\CCCC(=O)NC(COP(=O)([O-])OCC[N+](C)(C)C)C(O)/C=C/CCCCCCCCCCCCCCCCCCCC. The minimum absolute atomic E-state index is 0.00468. The monoisotopic (exact) mass is 743 g/mol. The van der Waals surface area contributed by atoms with Crippen molar-refractivity contribution in [2.75, 3.05) is 40.9 Å². The van der Waals surface area contributed by atoms with Crippen molar-refractivity contribution in [1.29, 1.82) is 0 Å². The predicted octanol–water partition coefficient (Wildman–Crippen LogP) is 10.7. The van der Waals surface area contributed by atoms with E-state index in [4.69, 9.17) is 9.05 Å². The molecule has 0 saturated carbocycles. The molecular weight excluding hydrogens is 659 g/mol. The molecule has 9 heteroatoms. The van der Waals surface area contributed by atoms with Crippen LogP contribution in [0.2, 0.25) is 0 Å². The fourth-order valence-corrected chi connectivity index (χ4v) is 6.70. The smallest absolute Gasteiger partial charge is 0.268 e. The Labute approximate surface area is 315 Å². The lowest BCUT2D eigenvalue weighted by molar-refractivity contribution is -0.870. The van der Waals surface area contributed by atoms with Crippen molar-refractivity contribution in [2.45, 2.75) is 199 Å². The highest BCUT2D eigenvalue weighted by Crippen LogP contribution is 2.38. The first-order chi connectivity index (χ1) is 24.5. The normalized spacial score (nSPS) is 14.7. The molecule has 302 valence electrons. The molecule has 0 aliphatic carbocycles. The van der Waals surface area contributed by atoms with Crippen LogP contribution in [-0.2, 0) is 18.4 Å². The molecule has 0 spiro atoms. The largest absolute Gasteiger partial charge is 0.756 e. The molecular formula is C42H83N2O6P. The second-order valence-electron chi connectivity index (χ2n) is 15.7. The van der Waals surface area contributed by atoms with Crippen LogP contribution in [0.1, 0.15) is 187 Å². The summed E-state index contributed by atoms with van der Waals surface area (Å²) >= 11 is 0. The molecule has 0 heterocycles. The van der Waals surface area contributed by atoms with Crippen molar-refractivity contribution in [3.63, 3.8) is 0 Å². The van der Waals surface area contributed by atoms with Gasteiger partial charge in [-0.25, -0.2) is 0 Å². The van der Waals surface area contributed by atoms with Gasteiger partial charge in [-0.1, -0.05) is 167 Å². The highest BCUT2D eigenvalue weighted by atomic mass is 31.2. The summed E-state index contributed by atoms with van der Waals surface area (Å²) in [6, 6.07) is -0.896. The molecule has 0 radical (unpaired) electrons. The third kappa shape index (κ3) is 37.1. The molecule has 0 aromatic carbocycles. The second-order valence-corrected chi connectivity index (χ2v) is 17.1. The van der Waals surface area contributed by atoms with Gasteiger partial charge >= 0.3 is 0 Å². The number of aliphatic hydroxyl groups excluding tert-OH is 1. The fraction of sp³-hybridized carbons (Fsp3) is 0.881. The number of carbonyl (C=O) groups excluding carboxylic acids is 1. The van der Waals surface area contributed by atoms with Crippen molar-refractivity contribution in [2.24, 2.45) is 0 Å². The van der Waals surface area contributed by atoms with Crippen LogP contribution >= 0.6 is 7.82 Å². The van der Waals surface area contributed by atoms with Gasteiger partial charge in [-0.05, 0) is 38.5 Å². The number of phosphoric ester groups is 1. The third-order valence-electron chi connectivity index (χ3n) is 9.41. The Hall–Kier alpha value is -1.02. The first-order valence-electron chi connectivity index (χ1n) is 21.2. The standard InChI is InChI=1S/C42H83N2O6P/c1-6-8-10-12-14-16-17-18-19-20-21-22-23-24-25-26-28-29-31-33-35-41(45)40(39-50-51(47,48)49-38-37-44(3,4)5)43-42(46)36-34-32-30-27-15-13-11-9-7-2/h27,30,33,35,40-41,45H,6-26,28-29,31-32,34,36-39H2,1-5H3,(H-,43,46,47,48)/b30-27-,35-33+. The summed E-state index contributed by atoms with van der Waals surface area (Å²) in [6.07, 6.45) is 39.6. The number of amides is 1. The molecule has 0 aliphatic rings. The summed E-state index contributed by atoms with van der Waals surface area (Å²) in [5.41, 5.74) is 0. The Bertz CT molecular complexity index is 891. The van der Waals surface area contributed by atoms with Gasteiger partial charge < -0.3 is 28.8 Å². The summed E-state index contributed by atoms with van der Waals surface area (Å²) in [4.78, 5) is 25.1. The molecule has 0 aliphatic heterocycles. The number of phosphoric acid groups is 1. The van der Waals surface area contributed by atoms with E-state index in [1.807, 2.05) is 27.2 Å². The molecule has 0 aromatic rings. The molecule has 0 saturated heterocycles. The number of allylic oxidation sites excluding steroid dienone is 3. The first-order valence-corrected chi connectivity index (χ1v) is 22.7. The highest BCUT2D eigenvalue weighted by Gasteiger charge is 2.23. The Morgan fingerprint density at radius 2 is 1.08 bits per heavy atom. The minimum Gasteiger partial charge on any atom is -0.756 e. The number of quaternary nitrogens is 1. The number of carbonyl (C=O) groups is 1. The van der Waals surface area contributed by atoms with Crippen LogP contribution < -0.4 is 10.2 Å². The molecule has 3 atom stereocenters. The Morgan fingerprint density at radius 3 is 1.55 bits per heavy atom. The molecule has 51 heavy (non-hydrogen) atoms. The zero-order chi connectivity index (χ0) is 37.9. The number of likely N-dealkylation sites (N-methyl/N-ethyl adjacent to an activating group) is 1. The van der Waals surface area contributed by atoms with E-state index in [2.05, 4.69) is 31.3 Å². The molecule has 0 rings (SSSR count). The lowest BCUT2D eigenvalue weighted by Crippen LogP contribution is -2.45. The number of unbranched alkanes of at least 4 members (excludes halogenated alkanes) is 23. The molecule has 0 bridgehead atoms. The Morgan fingerprint density at radius 1 is 0.667 bits per heavy atom. The van der Waals surface area contributed by atoms with E-state index in [-0.39, 0.29) is 19.1 Å². The van der Waals surface area contributed by atoms with Crippen LogP contribution in [-0.4, -0.2) is 68.5 Å².